The number of aliphatic hydroxyl groups excluding tert-OH is 1. The SMILES string of the molecule is CC(C)CCNC(=O)c1ccccc1OCC(O)CCCCCc1ccccc1. The number of aliphatic hydroxyl groups is 1. The summed E-state index contributed by atoms with van der Waals surface area (Å²) in [5, 5.41) is 13.2. The molecule has 0 heterocycles. The second-order valence-corrected chi connectivity index (χ2v) is 7.98. The summed E-state index contributed by atoms with van der Waals surface area (Å²) in [5.41, 5.74) is 1.88. The number of ether oxygens (including phenoxy) is 1. The number of carbonyl (C=O) groups is 1. The van der Waals surface area contributed by atoms with Crippen molar-refractivity contribution in [3.8, 4) is 5.75 Å². The molecule has 0 bridgehead atoms. The second kappa shape index (κ2) is 13.0. The van der Waals surface area contributed by atoms with Crippen LogP contribution in [0.4, 0.5) is 0 Å². The summed E-state index contributed by atoms with van der Waals surface area (Å²) < 4.78 is 5.76. The number of nitrogens with one attached hydrogen (secondary N) is 1. The molecular formula is C25H35NO3. The highest BCUT2D eigenvalue weighted by molar-refractivity contribution is 5.96. The zero-order valence-electron chi connectivity index (χ0n) is 17.8. The van der Waals surface area contributed by atoms with Crippen molar-refractivity contribution in [1.82, 2.24) is 5.32 Å². The molecule has 4 nitrogen and oxygen atoms in total. The van der Waals surface area contributed by atoms with Crippen LogP contribution < -0.4 is 10.1 Å². The molecule has 158 valence electrons. The molecule has 0 saturated carbocycles. The minimum atomic E-state index is -0.524. The number of carbonyl (C=O) groups excluding carboxylic acids is 1. The van der Waals surface area contributed by atoms with Crippen molar-refractivity contribution in [1.29, 1.82) is 0 Å². The normalized spacial score (nSPS) is 12.0. The van der Waals surface area contributed by atoms with Gasteiger partial charge >= 0.3 is 0 Å². The molecule has 0 aliphatic heterocycles. The maximum absolute atomic E-state index is 12.4. The largest absolute Gasteiger partial charge is 0.490 e. The van der Waals surface area contributed by atoms with Gasteiger partial charge < -0.3 is 15.2 Å². The molecule has 0 aliphatic rings. The van der Waals surface area contributed by atoms with E-state index < -0.39 is 6.10 Å². The topological polar surface area (TPSA) is 58.6 Å². The lowest BCUT2D eigenvalue weighted by Gasteiger charge is -2.15. The maximum Gasteiger partial charge on any atom is 0.255 e. The monoisotopic (exact) mass is 397 g/mol. The summed E-state index contributed by atoms with van der Waals surface area (Å²) in [7, 11) is 0. The molecule has 0 aliphatic carbocycles. The number of para-hydroxylation sites is 1. The van der Waals surface area contributed by atoms with Crippen molar-refractivity contribution in [3.05, 3.63) is 65.7 Å². The molecule has 1 amide bonds. The summed E-state index contributed by atoms with van der Waals surface area (Å²) in [6, 6.07) is 17.7. The van der Waals surface area contributed by atoms with E-state index in [4.69, 9.17) is 4.74 Å². The first-order valence-electron chi connectivity index (χ1n) is 10.8. The molecule has 2 aromatic carbocycles. The maximum atomic E-state index is 12.4. The first-order valence-corrected chi connectivity index (χ1v) is 10.8. The van der Waals surface area contributed by atoms with Gasteiger partial charge in [-0.25, -0.2) is 0 Å². The van der Waals surface area contributed by atoms with Crippen LogP contribution in [0.25, 0.3) is 0 Å². The van der Waals surface area contributed by atoms with Crippen molar-refractivity contribution in [2.45, 2.75) is 58.5 Å². The third-order valence-electron chi connectivity index (χ3n) is 4.92. The molecular weight excluding hydrogens is 362 g/mol. The Kier molecular flexibility index (Phi) is 10.3. The Labute approximate surface area is 175 Å². The lowest BCUT2D eigenvalue weighted by atomic mass is 10.1. The Hall–Kier alpha value is -2.33. The molecule has 1 unspecified atom stereocenters. The van der Waals surface area contributed by atoms with Crippen LogP contribution >= 0.6 is 0 Å². The highest BCUT2D eigenvalue weighted by Gasteiger charge is 2.13. The van der Waals surface area contributed by atoms with Gasteiger partial charge in [-0.2, -0.15) is 0 Å². The number of aryl methyl sites for hydroxylation is 1. The zero-order chi connectivity index (χ0) is 20.9. The minimum Gasteiger partial charge on any atom is -0.490 e. The standard InChI is InChI=1S/C25H35NO3/c1-20(2)17-18-26-25(28)23-15-9-10-16-24(23)29-19-22(27)14-8-4-7-13-21-11-5-3-6-12-21/h3,5-6,9-12,15-16,20,22,27H,4,7-8,13-14,17-19H2,1-2H3,(H,26,28). The lowest BCUT2D eigenvalue weighted by Crippen LogP contribution is -2.26. The summed E-state index contributed by atoms with van der Waals surface area (Å²) in [6.45, 7) is 5.12. The molecule has 0 spiro atoms. The molecule has 0 fully saturated rings. The van der Waals surface area contributed by atoms with Crippen LogP contribution in [0.2, 0.25) is 0 Å². The number of benzene rings is 2. The van der Waals surface area contributed by atoms with Gasteiger partial charge in [0.15, 0.2) is 0 Å². The number of unbranched alkanes of at least 4 members (excludes halogenated alkanes) is 2. The van der Waals surface area contributed by atoms with Gasteiger partial charge in [0.1, 0.15) is 12.4 Å². The van der Waals surface area contributed by atoms with Crippen molar-refractivity contribution in [2.24, 2.45) is 5.92 Å². The first-order chi connectivity index (χ1) is 14.1. The second-order valence-electron chi connectivity index (χ2n) is 7.98. The highest BCUT2D eigenvalue weighted by Crippen LogP contribution is 2.19. The molecule has 2 rings (SSSR count). The number of hydrogen-bond donors (Lipinski definition) is 2. The summed E-state index contributed by atoms with van der Waals surface area (Å²) in [4.78, 5) is 12.4. The zero-order valence-corrected chi connectivity index (χ0v) is 17.8. The predicted molar refractivity (Wildman–Crippen MR) is 118 cm³/mol. The van der Waals surface area contributed by atoms with E-state index >= 15 is 0 Å². The van der Waals surface area contributed by atoms with E-state index in [-0.39, 0.29) is 12.5 Å². The lowest BCUT2D eigenvalue weighted by molar-refractivity contribution is 0.0902. The summed E-state index contributed by atoms with van der Waals surface area (Å²) in [5.74, 6) is 0.943. The molecule has 4 heteroatoms. The number of rotatable bonds is 13. The van der Waals surface area contributed by atoms with Crippen molar-refractivity contribution >= 4 is 5.91 Å². The van der Waals surface area contributed by atoms with Crippen LogP contribution in [0.15, 0.2) is 54.6 Å². The third kappa shape index (κ3) is 9.14. The molecule has 0 saturated heterocycles. The Bertz CT molecular complexity index is 715. The van der Waals surface area contributed by atoms with Crippen LogP contribution in [-0.2, 0) is 6.42 Å². The van der Waals surface area contributed by atoms with E-state index in [2.05, 4.69) is 43.4 Å². The van der Waals surface area contributed by atoms with E-state index in [0.717, 1.165) is 32.1 Å². The van der Waals surface area contributed by atoms with Gasteiger partial charge in [-0.05, 0) is 49.3 Å². The fourth-order valence-corrected chi connectivity index (χ4v) is 3.15. The predicted octanol–water partition coefficient (Wildman–Crippen LogP) is 5.01. The highest BCUT2D eigenvalue weighted by atomic mass is 16.5. The van der Waals surface area contributed by atoms with Crippen LogP contribution in [0.5, 0.6) is 5.75 Å². The Morgan fingerprint density at radius 1 is 0.966 bits per heavy atom. The van der Waals surface area contributed by atoms with Crippen molar-refractivity contribution in [2.75, 3.05) is 13.2 Å². The van der Waals surface area contributed by atoms with Crippen molar-refractivity contribution in [3.63, 3.8) is 0 Å². The van der Waals surface area contributed by atoms with Crippen LogP contribution in [0.1, 0.15) is 61.9 Å². The van der Waals surface area contributed by atoms with Gasteiger partial charge in [0.25, 0.3) is 5.91 Å². The summed E-state index contributed by atoms with van der Waals surface area (Å²) >= 11 is 0. The molecule has 2 N–H and O–H groups in total. The number of amides is 1. The molecule has 2 aromatic rings. The van der Waals surface area contributed by atoms with Crippen molar-refractivity contribution < 1.29 is 14.6 Å². The van der Waals surface area contributed by atoms with Gasteiger partial charge in [-0.15, -0.1) is 0 Å². The van der Waals surface area contributed by atoms with Crippen LogP contribution in [-0.4, -0.2) is 30.3 Å². The summed E-state index contributed by atoms with van der Waals surface area (Å²) in [6.07, 6.45) is 5.37. The molecule has 0 aromatic heterocycles. The van der Waals surface area contributed by atoms with E-state index in [9.17, 15) is 9.90 Å². The van der Waals surface area contributed by atoms with E-state index in [0.29, 0.717) is 30.2 Å². The Balaban J connectivity index is 1.68. The fraction of sp³-hybridized carbons (Fsp3) is 0.480. The van der Waals surface area contributed by atoms with Gasteiger partial charge in [0, 0.05) is 6.54 Å². The van der Waals surface area contributed by atoms with Gasteiger partial charge in [-0.3, -0.25) is 4.79 Å². The van der Waals surface area contributed by atoms with E-state index in [1.54, 1.807) is 12.1 Å². The van der Waals surface area contributed by atoms with Gasteiger partial charge in [0.05, 0.1) is 11.7 Å². The quantitative estimate of drug-likeness (QED) is 0.467. The van der Waals surface area contributed by atoms with E-state index in [1.165, 1.54) is 5.56 Å². The average molecular weight is 398 g/mol. The number of hydrogen-bond acceptors (Lipinski definition) is 3. The molecule has 1 atom stereocenters. The molecule has 0 radical (unpaired) electrons. The Morgan fingerprint density at radius 2 is 1.69 bits per heavy atom. The van der Waals surface area contributed by atoms with Crippen LogP contribution in [0.3, 0.4) is 0 Å². The fourth-order valence-electron chi connectivity index (χ4n) is 3.15. The van der Waals surface area contributed by atoms with Crippen LogP contribution in [0, 0.1) is 5.92 Å². The third-order valence-corrected chi connectivity index (χ3v) is 4.92. The van der Waals surface area contributed by atoms with Gasteiger partial charge in [0.2, 0.25) is 0 Å². The first kappa shape index (κ1) is 23.0. The molecule has 29 heavy (non-hydrogen) atoms. The van der Waals surface area contributed by atoms with E-state index in [1.807, 2.05) is 18.2 Å². The Morgan fingerprint density at radius 3 is 2.45 bits per heavy atom. The van der Waals surface area contributed by atoms with Gasteiger partial charge in [-0.1, -0.05) is 69.2 Å². The smallest absolute Gasteiger partial charge is 0.255 e. The minimum absolute atomic E-state index is 0.128. The average Bonchev–Trinajstić information content (AvgIpc) is 2.72.